The Morgan fingerprint density at radius 2 is 1.89 bits per heavy atom. The molecule has 0 aromatic heterocycles. The third kappa shape index (κ3) is 2.10. The number of carbonyl (C=O) groups excluding carboxylic acids is 1. The molecule has 2 aliphatic rings. The van der Waals surface area contributed by atoms with Crippen LogP contribution in [0.25, 0.3) is 0 Å². The minimum absolute atomic E-state index is 0.00463. The number of hydrogen-bond donors (Lipinski definition) is 0. The van der Waals surface area contributed by atoms with Crippen molar-refractivity contribution in [2.24, 2.45) is 5.92 Å². The number of fused-ring (bicyclic) bond motifs is 2. The van der Waals surface area contributed by atoms with Gasteiger partial charge in [-0.05, 0) is 51.3 Å². The summed E-state index contributed by atoms with van der Waals surface area (Å²) in [5.74, 6) is -0.324. The molecule has 2 atom stereocenters. The van der Waals surface area contributed by atoms with E-state index in [1.165, 1.54) is 12.8 Å². The van der Waals surface area contributed by atoms with E-state index in [1.807, 2.05) is 0 Å². The van der Waals surface area contributed by atoms with Crippen molar-refractivity contribution in [1.82, 2.24) is 4.90 Å². The molecule has 1 aromatic carbocycles. The van der Waals surface area contributed by atoms with Gasteiger partial charge in [0.25, 0.3) is 0 Å². The number of carbonyl (C=O) groups is 1. The summed E-state index contributed by atoms with van der Waals surface area (Å²) in [6.45, 7) is 1.71. The molecule has 2 aliphatic heterocycles. The van der Waals surface area contributed by atoms with Gasteiger partial charge in [-0.1, -0.05) is 12.1 Å². The average molecular weight is 261 g/mol. The Hall–Kier alpha value is -1.22. The highest BCUT2D eigenvalue weighted by Crippen LogP contribution is 2.38. The molecule has 0 spiro atoms. The molecule has 3 heteroatoms. The third-order valence-corrected chi connectivity index (χ3v) is 4.93. The zero-order valence-electron chi connectivity index (χ0n) is 11.5. The van der Waals surface area contributed by atoms with Gasteiger partial charge in [0.05, 0.1) is 5.56 Å². The van der Waals surface area contributed by atoms with E-state index in [-0.39, 0.29) is 23.1 Å². The zero-order chi connectivity index (χ0) is 13.6. The number of hydrogen-bond acceptors (Lipinski definition) is 2. The van der Waals surface area contributed by atoms with Gasteiger partial charge in [0.2, 0.25) is 0 Å². The topological polar surface area (TPSA) is 20.3 Å². The standard InChI is InChI=1S/C16H20FNO/c1-10-4-3-5-14(15(10)17)16(19)11-8-12-6-7-13(9-11)18(12)2/h3-5,11-13H,6-9H2,1-2H3. The highest BCUT2D eigenvalue weighted by atomic mass is 19.1. The molecular weight excluding hydrogens is 241 g/mol. The summed E-state index contributed by atoms with van der Waals surface area (Å²) in [7, 11) is 2.15. The maximum atomic E-state index is 14.1. The van der Waals surface area contributed by atoms with Gasteiger partial charge in [-0.3, -0.25) is 4.79 Å². The lowest BCUT2D eigenvalue weighted by Gasteiger charge is -2.35. The van der Waals surface area contributed by atoms with Gasteiger partial charge in [-0.15, -0.1) is 0 Å². The van der Waals surface area contributed by atoms with Gasteiger partial charge in [0.15, 0.2) is 5.78 Å². The van der Waals surface area contributed by atoms with E-state index in [0.717, 1.165) is 12.8 Å². The Kier molecular flexibility index (Phi) is 3.17. The summed E-state index contributed by atoms with van der Waals surface area (Å²) in [6.07, 6.45) is 4.14. The van der Waals surface area contributed by atoms with Crippen molar-refractivity contribution >= 4 is 5.78 Å². The molecule has 3 rings (SSSR count). The second-order valence-corrected chi connectivity index (χ2v) is 6.02. The molecule has 0 N–H and O–H groups in total. The minimum Gasteiger partial charge on any atom is -0.300 e. The predicted molar refractivity (Wildman–Crippen MR) is 72.8 cm³/mol. The first-order valence-electron chi connectivity index (χ1n) is 7.09. The number of aryl methyl sites for hydroxylation is 1. The number of halogens is 1. The molecule has 2 saturated heterocycles. The SMILES string of the molecule is Cc1cccc(C(=O)C2CC3CCC(C2)N3C)c1F. The number of nitrogens with zero attached hydrogens (tertiary/aromatic N) is 1. The quantitative estimate of drug-likeness (QED) is 0.762. The number of benzene rings is 1. The van der Waals surface area contributed by atoms with Gasteiger partial charge in [-0.2, -0.15) is 0 Å². The maximum Gasteiger partial charge on any atom is 0.169 e. The first kappa shape index (κ1) is 12.8. The van der Waals surface area contributed by atoms with Crippen LogP contribution >= 0.6 is 0 Å². The molecule has 0 radical (unpaired) electrons. The van der Waals surface area contributed by atoms with Crippen LogP contribution in [0.3, 0.4) is 0 Å². The highest BCUT2D eigenvalue weighted by Gasteiger charge is 2.41. The van der Waals surface area contributed by atoms with E-state index in [2.05, 4.69) is 11.9 Å². The molecule has 2 heterocycles. The molecule has 2 nitrogen and oxygen atoms in total. The van der Waals surface area contributed by atoms with Crippen LogP contribution in [0.2, 0.25) is 0 Å². The Labute approximate surface area is 113 Å². The van der Waals surface area contributed by atoms with Crippen molar-refractivity contribution in [3.8, 4) is 0 Å². The Morgan fingerprint density at radius 3 is 2.53 bits per heavy atom. The van der Waals surface area contributed by atoms with Crippen molar-refractivity contribution < 1.29 is 9.18 Å². The molecule has 2 unspecified atom stereocenters. The van der Waals surface area contributed by atoms with Crippen LogP contribution in [-0.2, 0) is 0 Å². The molecule has 2 bridgehead atoms. The van der Waals surface area contributed by atoms with Gasteiger partial charge in [0.1, 0.15) is 5.82 Å². The van der Waals surface area contributed by atoms with Crippen LogP contribution in [0.4, 0.5) is 4.39 Å². The molecule has 0 amide bonds. The Bertz CT molecular complexity index is 499. The predicted octanol–water partition coefficient (Wildman–Crippen LogP) is 3.19. The second kappa shape index (κ2) is 4.71. The van der Waals surface area contributed by atoms with Gasteiger partial charge >= 0.3 is 0 Å². The van der Waals surface area contributed by atoms with Crippen molar-refractivity contribution in [3.63, 3.8) is 0 Å². The van der Waals surface area contributed by atoms with E-state index in [9.17, 15) is 9.18 Å². The summed E-state index contributed by atoms with van der Waals surface area (Å²) >= 11 is 0. The fourth-order valence-corrected chi connectivity index (χ4v) is 3.68. The molecule has 1 aromatic rings. The van der Waals surface area contributed by atoms with Gasteiger partial charge in [0, 0.05) is 18.0 Å². The monoisotopic (exact) mass is 261 g/mol. The van der Waals surface area contributed by atoms with Crippen molar-refractivity contribution in [2.45, 2.75) is 44.7 Å². The number of piperidine rings is 1. The summed E-state index contributed by atoms with van der Waals surface area (Å²) < 4.78 is 14.1. The fraction of sp³-hybridized carbons (Fsp3) is 0.562. The molecule has 102 valence electrons. The number of ketones is 1. The van der Waals surface area contributed by atoms with E-state index in [0.29, 0.717) is 17.6 Å². The largest absolute Gasteiger partial charge is 0.300 e. The van der Waals surface area contributed by atoms with Crippen molar-refractivity contribution in [2.75, 3.05) is 7.05 Å². The summed E-state index contributed by atoms with van der Waals surface area (Å²) in [5, 5.41) is 0. The zero-order valence-corrected chi connectivity index (χ0v) is 11.5. The summed E-state index contributed by atoms with van der Waals surface area (Å²) in [6, 6.07) is 6.14. The van der Waals surface area contributed by atoms with Crippen molar-refractivity contribution in [1.29, 1.82) is 0 Å². The fourth-order valence-electron chi connectivity index (χ4n) is 3.68. The van der Waals surface area contributed by atoms with Gasteiger partial charge < -0.3 is 4.90 Å². The smallest absolute Gasteiger partial charge is 0.169 e. The molecular formula is C16H20FNO. The lowest BCUT2D eigenvalue weighted by molar-refractivity contribution is 0.0763. The third-order valence-electron chi connectivity index (χ3n) is 4.93. The minimum atomic E-state index is -0.334. The van der Waals surface area contributed by atoms with Crippen LogP contribution in [0, 0.1) is 18.7 Å². The molecule has 2 fully saturated rings. The van der Waals surface area contributed by atoms with Crippen LogP contribution in [0.5, 0.6) is 0 Å². The lowest BCUT2D eigenvalue weighted by Crippen LogP contribution is -2.42. The molecule has 19 heavy (non-hydrogen) atoms. The summed E-state index contributed by atoms with van der Waals surface area (Å²) in [4.78, 5) is 14.9. The first-order chi connectivity index (χ1) is 9.08. The van der Waals surface area contributed by atoms with E-state index in [1.54, 1.807) is 25.1 Å². The van der Waals surface area contributed by atoms with E-state index in [4.69, 9.17) is 0 Å². The van der Waals surface area contributed by atoms with Crippen LogP contribution < -0.4 is 0 Å². The van der Waals surface area contributed by atoms with Crippen LogP contribution in [0.1, 0.15) is 41.6 Å². The molecule has 0 saturated carbocycles. The Morgan fingerprint density at radius 1 is 1.26 bits per heavy atom. The number of Topliss-reactive ketones (excluding diaryl/α,β-unsaturated/α-hetero) is 1. The normalized spacial score (nSPS) is 30.6. The number of rotatable bonds is 2. The van der Waals surface area contributed by atoms with Gasteiger partial charge in [-0.25, -0.2) is 4.39 Å². The van der Waals surface area contributed by atoms with Crippen LogP contribution in [0.15, 0.2) is 18.2 Å². The van der Waals surface area contributed by atoms with Crippen molar-refractivity contribution in [3.05, 3.63) is 35.1 Å². The lowest BCUT2D eigenvalue weighted by atomic mass is 9.84. The van der Waals surface area contributed by atoms with E-state index >= 15 is 0 Å². The Balaban J connectivity index is 1.84. The van der Waals surface area contributed by atoms with E-state index < -0.39 is 0 Å². The second-order valence-electron chi connectivity index (χ2n) is 6.02. The molecule has 0 aliphatic carbocycles. The average Bonchev–Trinajstić information content (AvgIpc) is 2.64. The summed E-state index contributed by atoms with van der Waals surface area (Å²) in [5.41, 5.74) is 0.843. The maximum absolute atomic E-state index is 14.1. The highest BCUT2D eigenvalue weighted by molar-refractivity contribution is 5.98. The first-order valence-corrected chi connectivity index (χ1v) is 7.09. The van der Waals surface area contributed by atoms with Crippen LogP contribution in [-0.4, -0.2) is 29.8 Å².